The number of benzene rings is 1. The van der Waals surface area contributed by atoms with Crippen molar-refractivity contribution in [1.82, 2.24) is 4.98 Å². The summed E-state index contributed by atoms with van der Waals surface area (Å²) < 4.78 is 13.2. The van der Waals surface area contributed by atoms with Gasteiger partial charge in [0.05, 0.1) is 5.02 Å². The van der Waals surface area contributed by atoms with Gasteiger partial charge in [0.25, 0.3) is 0 Å². The average molecular weight is 226 g/mol. The van der Waals surface area contributed by atoms with Crippen molar-refractivity contribution >= 4 is 28.3 Å². The summed E-state index contributed by atoms with van der Waals surface area (Å²) in [7, 11) is 0. The van der Waals surface area contributed by atoms with Gasteiger partial charge in [0.1, 0.15) is 5.82 Å². The van der Waals surface area contributed by atoms with Crippen molar-refractivity contribution in [3.8, 4) is 0 Å². The van der Waals surface area contributed by atoms with Crippen LogP contribution in [0.2, 0.25) is 5.02 Å². The van der Waals surface area contributed by atoms with E-state index in [1.165, 1.54) is 19.1 Å². The Balaban J connectivity index is 2.87. The van der Waals surface area contributed by atoms with Gasteiger partial charge >= 0.3 is 0 Å². The Bertz CT molecular complexity index is 559. The van der Waals surface area contributed by atoms with Crippen LogP contribution in [0.15, 0.2) is 12.1 Å². The lowest BCUT2D eigenvalue weighted by Gasteiger charge is -1.96. The molecule has 0 fully saturated rings. The quantitative estimate of drug-likeness (QED) is 0.741. The van der Waals surface area contributed by atoms with Gasteiger partial charge in [-0.1, -0.05) is 11.6 Å². The van der Waals surface area contributed by atoms with Crippen molar-refractivity contribution in [2.75, 3.05) is 0 Å². The summed E-state index contributed by atoms with van der Waals surface area (Å²) in [6.45, 7) is 3.24. The van der Waals surface area contributed by atoms with Crippen LogP contribution in [0.25, 0.3) is 10.9 Å². The first-order valence-corrected chi connectivity index (χ1v) is 4.86. The van der Waals surface area contributed by atoms with Crippen LogP contribution in [0.4, 0.5) is 4.39 Å². The molecule has 4 heteroatoms. The Labute approximate surface area is 91.0 Å². The number of H-pyrrole nitrogens is 1. The average Bonchev–Trinajstić information content (AvgIpc) is 2.41. The van der Waals surface area contributed by atoms with E-state index < -0.39 is 5.82 Å². The number of halogens is 2. The van der Waals surface area contributed by atoms with Crippen molar-refractivity contribution in [1.29, 1.82) is 0 Å². The van der Waals surface area contributed by atoms with Gasteiger partial charge in [-0.15, -0.1) is 0 Å². The first kappa shape index (κ1) is 10.2. The number of aromatic amines is 1. The summed E-state index contributed by atoms with van der Waals surface area (Å²) in [6, 6.07) is 2.78. The number of aromatic nitrogens is 1. The number of carbonyl (C=O) groups is 1. The molecule has 1 aromatic heterocycles. The first-order valence-electron chi connectivity index (χ1n) is 4.49. The molecule has 0 aliphatic rings. The third-order valence-electron chi connectivity index (χ3n) is 2.38. The van der Waals surface area contributed by atoms with Crippen molar-refractivity contribution < 1.29 is 9.18 Å². The zero-order chi connectivity index (χ0) is 11.2. The Morgan fingerprint density at radius 2 is 2.13 bits per heavy atom. The molecule has 0 bridgehead atoms. The fourth-order valence-electron chi connectivity index (χ4n) is 1.78. The van der Waals surface area contributed by atoms with E-state index in [4.69, 9.17) is 11.6 Å². The molecule has 0 aliphatic carbocycles. The summed E-state index contributed by atoms with van der Waals surface area (Å²) >= 11 is 5.65. The molecule has 0 unspecified atom stereocenters. The van der Waals surface area contributed by atoms with Crippen molar-refractivity contribution in [2.45, 2.75) is 13.8 Å². The van der Waals surface area contributed by atoms with E-state index in [2.05, 4.69) is 4.98 Å². The monoisotopic (exact) mass is 225 g/mol. The van der Waals surface area contributed by atoms with E-state index >= 15 is 0 Å². The minimum absolute atomic E-state index is 0.0545. The molecule has 15 heavy (non-hydrogen) atoms. The van der Waals surface area contributed by atoms with Gasteiger partial charge in [0.15, 0.2) is 5.78 Å². The van der Waals surface area contributed by atoms with Gasteiger partial charge < -0.3 is 4.98 Å². The topological polar surface area (TPSA) is 32.9 Å². The fourth-order valence-corrected chi connectivity index (χ4v) is 1.94. The molecule has 0 aliphatic heterocycles. The predicted molar refractivity (Wildman–Crippen MR) is 58.0 cm³/mol. The molecule has 78 valence electrons. The lowest BCUT2D eigenvalue weighted by molar-refractivity contribution is 0.101. The Kier molecular flexibility index (Phi) is 2.27. The summed E-state index contributed by atoms with van der Waals surface area (Å²) in [6.07, 6.45) is 0. The Hall–Kier alpha value is -1.35. The highest BCUT2D eigenvalue weighted by atomic mass is 35.5. The Morgan fingerprint density at radius 3 is 2.73 bits per heavy atom. The number of hydrogen-bond donors (Lipinski definition) is 1. The maximum absolute atomic E-state index is 13.2. The number of ketones is 1. The summed E-state index contributed by atoms with van der Waals surface area (Å²) in [5, 5.41) is 0.640. The predicted octanol–water partition coefficient (Wildman–Crippen LogP) is 3.47. The van der Waals surface area contributed by atoms with Crippen LogP contribution >= 0.6 is 11.6 Å². The Morgan fingerprint density at radius 1 is 1.47 bits per heavy atom. The van der Waals surface area contributed by atoms with Crippen LogP contribution in [0.5, 0.6) is 0 Å². The van der Waals surface area contributed by atoms with E-state index in [-0.39, 0.29) is 10.8 Å². The molecule has 0 radical (unpaired) electrons. The van der Waals surface area contributed by atoms with E-state index in [1.54, 1.807) is 6.92 Å². The van der Waals surface area contributed by atoms with Crippen molar-refractivity contribution in [3.05, 3.63) is 34.2 Å². The smallest absolute Gasteiger partial charge is 0.162 e. The molecular weight excluding hydrogens is 217 g/mol. The van der Waals surface area contributed by atoms with Crippen LogP contribution in [0, 0.1) is 12.7 Å². The number of fused-ring (bicyclic) bond motifs is 1. The van der Waals surface area contributed by atoms with Crippen molar-refractivity contribution in [2.24, 2.45) is 0 Å². The number of rotatable bonds is 1. The SMILES string of the molecule is CC(=O)c1c(C)[nH]c2cc(Cl)c(F)cc12. The van der Waals surface area contributed by atoms with Crippen LogP contribution in [0.3, 0.4) is 0 Å². The molecule has 2 aromatic rings. The molecule has 0 saturated heterocycles. The third kappa shape index (κ3) is 1.53. The molecule has 0 amide bonds. The van der Waals surface area contributed by atoms with Gasteiger partial charge in [-0.25, -0.2) is 4.39 Å². The summed E-state index contributed by atoms with van der Waals surface area (Å²) in [5.74, 6) is -0.592. The van der Waals surface area contributed by atoms with Gasteiger partial charge in [0, 0.05) is 22.2 Å². The second-order valence-corrected chi connectivity index (χ2v) is 3.90. The van der Waals surface area contributed by atoms with Crippen LogP contribution < -0.4 is 0 Å². The number of carbonyl (C=O) groups excluding carboxylic acids is 1. The standard InChI is InChI=1S/C11H9ClFNO/c1-5-11(6(2)15)7-3-9(13)8(12)4-10(7)14-5/h3-4,14H,1-2H3. The van der Waals surface area contributed by atoms with Gasteiger partial charge in [0.2, 0.25) is 0 Å². The van der Waals surface area contributed by atoms with Crippen LogP contribution in [0.1, 0.15) is 23.0 Å². The molecule has 0 saturated carbocycles. The highest BCUT2D eigenvalue weighted by molar-refractivity contribution is 6.31. The zero-order valence-corrected chi connectivity index (χ0v) is 9.07. The summed E-state index contributed by atoms with van der Waals surface area (Å²) in [4.78, 5) is 14.4. The molecule has 0 atom stereocenters. The first-order chi connectivity index (χ1) is 7.00. The van der Waals surface area contributed by atoms with Crippen molar-refractivity contribution in [3.63, 3.8) is 0 Å². The second-order valence-electron chi connectivity index (χ2n) is 3.49. The molecule has 0 spiro atoms. The summed E-state index contributed by atoms with van der Waals surface area (Å²) in [5.41, 5.74) is 1.95. The fraction of sp³-hybridized carbons (Fsp3) is 0.182. The molecular formula is C11H9ClFNO. The van der Waals surface area contributed by atoms with Gasteiger partial charge in [-0.05, 0) is 26.0 Å². The zero-order valence-electron chi connectivity index (χ0n) is 8.32. The van der Waals surface area contributed by atoms with E-state index in [1.807, 2.05) is 0 Å². The number of nitrogens with one attached hydrogen (secondary N) is 1. The maximum atomic E-state index is 13.2. The third-order valence-corrected chi connectivity index (χ3v) is 2.67. The highest BCUT2D eigenvalue weighted by Gasteiger charge is 2.14. The number of Topliss-reactive ketones (excluding diaryl/α,β-unsaturated/α-hetero) is 1. The molecule has 1 heterocycles. The molecule has 2 rings (SSSR count). The van der Waals surface area contributed by atoms with Crippen LogP contribution in [-0.2, 0) is 0 Å². The number of hydrogen-bond acceptors (Lipinski definition) is 1. The molecule has 1 aromatic carbocycles. The number of aryl methyl sites for hydroxylation is 1. The van der Waals surface area contributed by atoms with E-state index in [9.17, 15) is 9.18 Å². The van der Waals surface area contributed by atoms with E-state index in [0.717, 1.165) is 5.69 Å². The van der Waals surface area contributed by atoms with Gasteiger partial charge in [-0.3, -0.25) is 4.79 Å². The van der Waals surface area contributed by atoms with E-state index in [0.29, 0.717) is 16.5 Å². The lowest BCUT2D eigenvalue weighted by Crippen LogP contribution is -1.93. The lowest BCUT2D eigenvalue weighted by atomic mass is 10.1. The normalized spacial score (nSPS) is 10.9. The molecule has 2 nitrogen and oxygen atoms in total. The maximum Gasteiger partial charge on any atom is 0.162 e. The largest absolute Gasteiger partial charge is 0.358 e. The highest BCUT2D eigenvalue weighted by Crippen LogP contribution is 2.27. The minimum atomic E-state index is -0.509. The molecule has 1 N–H and O–H groups in total. The second kappa shape index (κ2) is 3.35. The minimum Gasteiger partial charge on any atom is -0.358 e. The van der Waals surface area contributed by atoms with Crippen LogP contribution in [-0.4, -0.2) is 10.8 Å². The van der Waals surface area contributed by atoms with Gasteiger partial charge in [-0.2, -0.15) is 0 Å².